The van der Waals surface area contributed by atoms with E-state index < -0.39 is 36.2 Å². The lowest BCUT2D eigenvalue weighted by atomic mass is 9.88. The highest BCUT2D eigenvalue weighted by atomic mass is 16.7. The van der Waals surface area contributed by atoms with Crippen molar-refractivity contribution in [1.82, 2.24) is 0 Å². The predicted octanol–water partition coefficient (Wildman–Crippen LogP) is 2.04. The number of ether oxygens (including phenoxy) is 2. The van der Waals surface area contributed by atoms with Crippen LogP contribution in [0.25, 0.3) is 6.08 Å². The van der Waals surface area contributed by atoms with Crippen LogP contribution in [0.4, 0.5) is 0 Å². The van der Waals surface area contributed by atoms with Crippen LogP contribution in [0.3, 0.4) is 0 Å². The number of aliphatic carboxylic acids is 1. The first-order valence-corrected chi connectivity index (χ1v) is 9.97. The van der Waals surface area contributed by atoms with Crippen molar-refractivity contribution >= 4 is 12.0 Å². The molecule has 1 aliphatic heterocycles. The summed E-state index contributed by atoms with van der Waals surface area (Å²) in [6.07, 6.45) is -1.12. The average molecular weight is 442 g/mol. The van der Waals surface area contributed by atoms with Crippen molar-refractivity contribution in [3.63, 3.8) is 0 Å². The Balaban J connectivity index is 1.74. The van der Waals surface area contributed by atoms with Gasteiger partial charge in [-0.2, -0.15) is 0 Å². The maximum absolute atomic E-state index is 11.7. The van der Waals surface area contributed by atoms with Crippen molar-refractivity contribution in [2.45, 2.75) is 43.0 Å². The van der Waals surface area contributed by atoms with E-state index in [4.69, 9.17) is 9.47 Å². The zero-order valence-corrected chi connectivity index (χ0v) is 17.4. The summed E-state index contributed by atoms with van der Waals surface area (Å²) in [6.45, 7) is 5.00. The Kier molecular flexibility index (Phi) is 7.00. The molecule has 8 nitrogen and oxygen atoms in total. The molecule has 0 bridgehead atoms. The second-order valence-corrected chi connectivity index (χ2v) is 7.72. The third-order valence-electron chi connectivity index (χ3n) is 5.46. The number of allylic oxidation sites excluding steroid dienone is 2. The minimum absolute atomic E-state index is 0.0646. The van der Waals surface area contributed by atoms with Gasteiger partial charge in [0.2, 0.25) is 5.60 Å². The summed E-state index contributed by atoms with van der Waals surface area (Å²) in [5.41, 5.74) is -0.272. The van der Waals surface area contributed by atoms with E-state index >= 15 is 0 Å². The molecule has 2 aromatic rings. The molecule has 0 radical (unpaired) electrons. The SMILES string of the molecule is C=CC(/C=C\c1ccc(O[C@H]2C(O)C(O)[C@@H](O)OC2(C)C(=O)O)cc1)c1ccc(O)cc1. The predicted molar refractivity (Wildman–Crippen MR) is 116 cm³/mol. The van der Waals surface area contributed by atoms with Gasteiger partial charge in [-0.1, -0.05) is 42.5 Å². The van der Waals surface area contributed by atoms with Gasteiger partial charge < -0.3 is 35.0 Å². The molecule has 32 heavy (non-hydrogen) atoms. The fraction of sp³-hybridized carbons (Fsp3) is 0.292. The normalized spacial score (nSPS) is 28.9. The van der Waals surface area contributed by atoms with Gasteiger partial charge in [0.15, 0.2) is 12.4 Å². The second kappa shape index (κ2) is 9.54. The first kappa shape index (κ1) is 23.5. The van der Waals surface area contributed by atoms with Crippen LogP contribution in [0.15, 0.2) is 67.3 Å². The number of aliphatic hydroxyl groups excluding tert-OH is 3. The zero-order chi connectivity index (χ0) is 23.5. The monoisotopic (exact) mass is 442 g/mol. The number of carboxylic acids is 1. The van der Waals surface area contributed by atoms with E-state index in [1.165, 1.54) is 0 Å². The summed E-state index contributed by atoms with van der Waals surface area (Å²) in [5.74, 6) is -1.07. The lowest BCUT2D eigenvalue weighted by molar-refractivity contribution is -0.305. The Bertz CT molecular complexity index is 968. The Morgan fingerprint density at radius 3 is 2.28 bits per heavy atom. The second-order valence-electron chi connectivity index (χ2n) is 7.72. The van der Waals surface area contributed by atoms with Gasteiger partial charge in [0.1, 0.15) is 23.7 Å². The number of hydrogen-bond donors (Lipinski definition) is 5. The third-order valence-corrected chi connectivity index (χ3v) is 5.46. The molecule has 1 saturated heterocycles. The minimum Gasteiger partial charge on any atom is -0.508 e. The topological polar surface area (TPSA) is 137 Å². The molecule has 0 spiro atoms. The number of aliphatic hydroxyl groups is 3. The largest absolute Gasteiger partial charge is 0.508 e. The summed E-state index contributed by atoms with van der Waals surface area (Å²) >= 11 is 0. The number of hydrogen-bond acceptors (Lipinski definition) is 7. The van der Waals surface area contributed by atoms with Crippen LogP contribution in [-0.2, 0) is 9.53 Å². The highest BCUT2D eigenvalue weighted by molar-refractivity contribution is 5.78. The van der Waals surface area contributed by atoms with Crippen LogP contribution in [0, 0.1) is 0 Å². The number of rotatable bonds is 7. The molecule has 0 aromatic heterocycles. The van der Waals surface area contributed by atoms with E-state index in [0.29, 0.717) is 0 Å². The van der Waals surface area contributed by atoms with Gasteiger partial charge in [0.25, 0.3) is 0 Å². The highest BCUT2D eigenvalue weighted by Gasteiger charge is 2.57. The number of aromatic hydroxyl groups is 1. The molecule has 0 aliphatic carbocycles. The molecule has 8 heteroatoms. The van der Waals surface area contributed by atoms with Gasteiger partial charge in [-0.05, 0) is 42.3 Å². The van der Waals surface area contributed by atoms with Crippen molar-refractivity contribution in [2.75, 3.05) is 0 Å². The van der Waals surface area contributed by atoms with Gasteiger partial charge in [0, 0.05) is 5.92 Å². The molecule has 0 saturated carbocycles. The number of carboxylic acid groups (broad SMARTS) is 1. The molecular weight excluding hydrogens is 416 g/mol. The fourth-order valence-electron chi connectivity index (χ4n) is 3.46. The minimum atomic E-state index is -2.07. The van der Waals surface area contributed by atoms with Crippen LogP contribution in [0.2, 0.25) is 0 Å². The third kappa shape index (κ3) is 4.84. The number of benzene rings is 2. The van der Waals surface area contributed by atoms with E-state index in [2.05, 4.69) is 6.58 Å². The van der Waals surface area contributed by atoms with Crippen molar-refractivity contribution < 1.29 is 39.8 Å². The molecule has 170 valence electrons. The smallest absolute Gasteiger partial charge is 0.339 e. The maximum Gasteiger partial charge on any atom is 0.339 e. The van der Waals surface area contributed by atoms with Crippen LogP contribution >= 0.6 is 0 Å². The number of phenolic OH excluding ortho intramolecular Hbond substituents is 1. The van der Waals surface area contributed by atoms with E-state index in [-0.39, 0.29) is 17.4 Å². The van der Waals surface area contributed by atoms with Gasteiger partial charge in [-0.25, -0.2) is 4.79 Å². The van der Waals surface area contributed by atoms with E-state index in [9.17, 15) is 30.3 Å². The lowest BCUT2D eigenvalue weighted by Gasteiger charge is -2.44. The summed E-state index contributed by atoms with van der Waals surface area (Å²) < 4.78 is 10.7. The van der Waals surface area contributed by atoms with Crippen molar-refractivity contribution in [2.24, 2.45) is 0 Å². The Morgan fingerprint density at radius 2 is 1.72 bits per heavy atom. The first-order valence-electron chi connectivity index (χ1n) is 9.97. The molecular formula is C24H26O8. The van der Waals surface area contributed by atoms with E-state index in [1.807, 2.05) is 24.3 Å². The molecule has 0 amide bonds. The standard InChI is InChI=1S/C24H26O8/c1-3-15(16-8-10-17(25)11-9-16)7-4-14-5-12-18(13-6-14)31-21-19(26)20(27)22(28)32-24(21,2)23(29)30/h3-13,15,19-22,25-28H,1H2,2H3,(H,29,30)/b7-4-/t15?,19?,20?,21-,22-,24?/m0/s1. The average Bonchev–Trinajstić information content (AvgIpc) is 2.77. The molecule has 5 N–H and O–H groups in total. The lowest BCUT2D eigenvalue weighted by Crippen LogP contribution is -2.68. The van der Waals surface area contributed by atoms with Gasteiger partial charge in [-0.15, -0.1) is 6.58 Å². The molecule has 3 rings (SSSR count). The highest BCUT2D eigenvalue weighted by Crippen LogP contribution is 2.33. The van der Waals surface area contributed by atoms with Crippen LogP contribution in [0.5, 0.6) is 11.5 Å². The van der Waals surface area contributed by atoms with E-state index in [1.54, 1.807) is 42.5 Å². The number of phenols is 1. The van der Waals surface area contributed by atoms with Crippen LogP contribution < -0.4 is 4.74 Å². The van der Waals surface area contributed by atoms with E-state index in [0.717, 1.165) is 18.1 Å². The Hall–Kier alpha value is -3.17. The molecule has 1 aliphatic rings. The number of carbonyl (C=O) groups is 1. The van der Waals surface area contributed by atoms with Gasteiger partial charge in [-0.3, -0.25) is 0 Å². The maximum atomic E-state index is 11.7. The van der Waals surface area contributed by atoms with Gasteiger partial charge in [0.05, 0.1) is 0 Å². The summed E-state index contributed by atoms with van der Waals surface area (Å²) in [7, 11) is 0. The summed E-state index contributed by atoms with van der Waals surface area (Å²) in [5, 5.41) is 48.8. The molecule has 6 atom stereocenters. The quantitative estimate of drug-likeness (QED) is 0.411. The van der Waals surface area contributed by atoms with Gasteiger partial charge >= 0.3 is 5.97 Å². The Labute approximate surface area is 185 Å². The summed E-state index contributed by atoms with van der Waals surface area (Å²) in [6, 6.07) is 13.5. The van der Waals surface area contributed by atoms with Crippen molar-refractivity contribution in [3.8, 4) is 11.5 Å². The Morgan fingerprint density at radius 1 is 1.09 bits per heavy atom. The summed E-state index contributed by atoms with van der Waals surface area (Å²) in [4.78, 5) is 11.7. The molecule has 4 unspecified atom stereocenters. The van der Waals surface area contributed by atoms with Crippen LogP contribution in [-0.4, -0.2) is 61.7 Å². The van der Waals surface area contributed by atoms with Crippen molar-refractivity contribution in [1.29, 1.82) is 0 Å². The fourth-order valence-corrected chi connectivity index (χ4v) is 3.46. The van der Waals surface area contributed by atoms with Crippen LogP contribution in [0.1, 0.15) is 24.0 Å². The first-order chi connectivity index (χ1) is 15.2. The molecule has 1 fully saturated rings. The van der Waals surface area contributed by atoms with Crippen molar-refractivity contribution in [3.05, 3.63) is 78.4 Å². The zero-order valence-electron chi connectivity index (χ0n) is 17.4. The molecule has 1 heterocycles. The molecule has 2 aromatic carbocycles.